The summed E-state index contributed by atoms with van der Waals surface area (Å²) in [5, 5.41) is 19.7. The molecule has 0 saturated carbocycles. The predicted octanol–water partition coefficient (Wildman–Crippen LogP) is 20.0. The molecule has 15 aromatic rings. The summed E-state index contributed by atoms with van der Waals surface area (Å²) in [6.07, 6.45) is 0. The van der Waals surface area contributed by atoms with Gasteiger partial charge in [-0.1, -0.05) is 224 Å². The fourth-order valence-electron chi connectivity index (χ4n) is 12.1. The molecule has 0 radical (unpaired) electrons. The Balaban J connectivity index is 0.865. The molecule has 71 heavy (non-hydrogen) atoms. The van der Waals surface area contributed by atoms with Gasteiger partial charge in [-0.2, -0.15) is 0 Å². The van der Waals surface area contributed by atoms with Crippen molar-refractivity contribution in [1.82, 2.24) is 0 Å². The average Bonchev–Trinajstić information content (AvgIpc) is 3.81. The fourth-order valence-corrected chi connectivity index (χ4v) is 12.1. The van der Waals surface area contributed by atoms with Crippen molar-refractivity contribution < 1.29 is 4.42 Å². The lowest BCUT2D eigenvalue weighted by molar-refractivity contribution is 0.669. The van der Waals surface area contributed by atoms with Crippen molar-refractivity contribution >= 4 is 97.3 Å². The summed E-state index contributed by atoms with van der Waals surface area (Å²) in [5.41, 5.74) is 14.2. The van der Waals surface area contributed by atoms with Crippen molar-refractivity contribution in [1.29, 1.82) is 0 Å². The summed E-state index contributed by atoms with van der Waals surface area (Å²) in [5.74, 6) is 0. The van der Waals surface area contributed by atoms with Crippen LogP contribution in [0, 0.1) is 0 Å². The molecule has 0 bridgehead atoms. The van der Waals surface area contributed by atoms with Gasteiger partial charge in [-0.3, -0.25) is 0 Å². The molecule has 0 spiro atoms. The standard InChI is InChI=1S/C70H42O/c1-2-20-49-43(16-1)17-13-30-53(49)68-60-26-7-9-28-62(60)70(63-29-10-8-27-61(63)68)55-32-15-19-47-41-45(35-38-51(47)55)44-34-37-50-46(40-44)18-14-31-54(50)69-58-24-5-3-22-56(58)67(57-23-4-6-25-59(57)69)48-36-39-66-64(42-48)52-21-11-12-33-65(52)71-66/h1-42H. The molecule has 15 rings (SSSR count). The third-order valence-corrected chi connectivity index (χ3v) is 15.2. The molecule has 1 nitrogen and oxygen atoms in total. The van der Waals surface area contributed by atoms with Crippen LogP contribution in [-0.2, 0) is 0 Å². The number of hydrogen-bond donors (Lipinski definition) is 0. The van der Waals surface area contributed by atoms with Crippen LogP contribution in [-0.4, -0.2) is 0 Å². The van der Waals surface area contributed by atoms with E-state index in [2.05, 4.69) is 249 Å². The van der Waals surface area contributed by atoms with Gasteiger partial charge in [-0.25, -0.2) is 0 Å². The van der Waals surface area contributed by atoms with Crippen molar-refractivity contribution in [3.63, 3.8) is 0 Å². The van der Waals surface area contributed by atoms with Crippen LogP contribution in [0.4, 0.5) is 0 Å². The fraction of sp³-hybridized carbons (Fsp3) is 0. The van der Waals surface area contributed by atoms with E-state index in [0.29, 0.717) is 0 Å². The van der Waals surface area contributed by atoms with E-state index in [1.54, 1.807) is 0 Å². The zero-order valence-electron chi connectivity index (χ0n) is 38.7. The van der Waals surface area contributed by atoms with E-state index in [1.807, 2.05) is 6.07 Å². The number of furan rings is 1. The second-order valence-corrected chi connectivity index (χ2v) is 19.0. The van der Waals surface area contributed by atoms with Crippen molar-refractivity contribution in [2.24, 2.45) is 0 Å². The number of fused-ring (bicyclic) bond motifs is 10. The molecule has 0 amide bonds. The van der Waals surface area contributed by atoms with Crippen LogP contribution in [0.3, 0.4) is 0 Å². The molecule has 1 heterocycles. The van der Waals surface area contributed by atoms with Crippen LogP contribution in [0.15, 0.2) is 259 Å². The maximum atomic E-state index is 6.26. The number of benzene rings is 14. The first kappa shape index (κ1) is 39.7. The molecule has 0 aliphatic rings. The minimum atomic E-state index is 0.908. The molecule has 0 unspecified atom stereocenters. The van der Waals surface area contributed by atoms with Gasteiger partial charge in [0.15, 0.2) is 0 Å². The average molecular weight is 899 g/mol. The molecule has 0 N–H and O–H groups in total. The van der Waals surface area contributed by atoms with Gasteiger partial charge in [0.2, 0.25) is 0 Å². The first-order chi connectivity index (χ1) is 35.2. The zero-order valence-corrected chi connectivity index (χ0v) is 38.7. The molecule has 14 aromatic carbocycles. The highest BCUT2D eigenvalue weighted by Crippen LogP contribution is 2.49. The first-order valence-corrected chi connectivity index (χ1v) is 24.6. The molecular formula is C70H42O. The van der Waals surface area contributed by atoms with E-state index in [-0.39, 0.29) is 0 Å². The summed E-state index contributed by atoms with van der Waals surface area (Å²) in [7, 11) is 0. The Labute approximate surface area is 410 Å². The quantitative estimate of drug-likeness (QED) is 0.157. The van der Waals surface area contributed by atoms with E-state index in [9.17, 15) is 0 Å². The Morgan fingerprint density at radius 2 is 0.521 bits per heavy atom. The Bertz CT molecular complexity index is 4580. The van der Waals surface area contributed by atoms with Crippen molar-refractivity contribution in [3.8, 4) is 55.6 Å². The van der Waals surface area contributed by atoms with Crippen molar-refractivity contribution in [2.75, 3.05) is 0 Å². The minimum absolute atomic E-state index is 0.908. The Kier molecular flexibility index (Phi) is 8.73. The molecule has 1 aromatic heterocycles. The molecule has 0 aliphatic heterocycles. The van der Waals surface area contributed by atoms with Crippen LogP contribution >= 0.6 is 0 Å². The van der Waals surface area contributed by atoms with E-state index in [1.165, 1.54) is 131 Å². The van der Waals surface area contributed by atoms with Crippen LogP contribution in [0.5, 0.6) is 0 Å². The lowest BCUT2D eigenvalue weighted by Gasteiger charge is -2.20. The van der Waals surface area contributed by atoms with Gasteiger partial charge < -0.3 is 4.42 Å². The van der Waals surface area contributed by atoms with Gasteiger partial charge in [-0.15, -0.1) is 0 Å². The zero-order chi connectivity index (χ0) is 46.6. The second kappa shape index (κ2) is 15.6. The van der Waals surface area contributed by atoms with Crippen LogP contribution in [0.25, 0.3) is 153 Å². The van der Waals surface area contributed by atoms with Gasteiger partial charge in [0.25, 0.3) is 0 Å². The van der Waals surface area contributed by atoms with Gasteiger partial charge in [0.1, 0.15) is 11.2 Å². The first-order valence-electron chi connectivity index (χ1n) is 24.6. The lowest BCUT2D eigenvalue weighted by Crippen LogP contribution is -1.92. The summed E-state index contributed by atoms with van der Waals surface area (Å²) in [6, 6.07) is 94.0. The van der Waals surface area contributed by atoms with E-state index in [4.69, 9.17) is 4.42 Å². The maximum absolute atomic E-state index is 6.26. The molecular weight excluding hydrogens is 857 g/mol. The minimum Gasteiger partial charge on any atom is -0.456 e. The highest BCUT2D eigenvalue weighted by Gasteiger charge is 2.21. The van der Waals surface area contributed by atoms with Crippen molar-refractivity contribution in [2.45, 2.75) is 0 Å². The van der Waals surface area contributed by atoms with Gasteiger partial charge >= 0.3 is 0 Å². The van der Waals surface area contributed by atoms with Crippen LogP contribution < -0.4 is 0 Å². The van der Waals surface area contributed by atoms with Crippen LogP contribution in [0.2, 0.25) is 0 Å². The van der Waals surface area contributed by atoms with E-state index < -0.39 is 0 Å². The highest BCUT2D eigenvalue weighted by atomic mass is 16.3. The SMILES string of the molecule is c1cc(-c2c3ccccc3c(-c3ccc4oc5ccccc5c4c3)c3ccccc23)c2ccc(-c3ccc4c(-c5c6ccccc6c(-c6cccc7ccccc67)c6ccccc56)cccc4c3)cc2c1. The number of hydrogen-bond acceptors (Lipinski definition) is 1. The normalized spacial score (nSPS) is 11.9. The summed E-state index contributed by atoms with van der Waals surface area (Å²) in [6.45, 7) is 0. The predicted molar refractivity (Wildman–Crippen MR) is 303 cm³/mol. The Morgan fingerprint density at radius 1 is 0.183 bits per heavy atom. The molecule has 1 heteroatoms. The van der Waals surface area contributed by atoms with E-state index >= 15 is 0 Å². The molecule has 0 fully saturated rings. The number of rotatable bonds is 5. The summed E-state index contributed by atoms with van der Waals surface area (Å²) in [4.78, 5) is 0. The Hall–Kier alpha value is -9.30. The third-order valence-electron chi connectivity index (χ3n) is 15.2. The number of para-hydroxylation sites is 1. The largest absolute Gasteiger partial charge is 0.456 e. The molecule has 0 atom stereocenters. The molecule has 0 saturated heterocycles. The topological polar surface area (TPSA) is 13.1 Å². The Morgan fingerprint density at radius 3 is 1.00 bits per heavy atom. The molecule has 328 valence electrons. The summed E-state index contributed by atoms with van der Waals surface area (Å²) < 4.78 is 6.26. The maximum Gasteiger partial charge on any atom is 0.135 e. The summed E-state index contributed by atoms with van der Waals surface area (Å²) >= 11 is 0. The van der Waals surface area contributed by atoms with E-state index in [0.717, 1.165) is 21.9 Å². The molecule has 0 aliphatic carbocycles. The third kappa shape index (κ3) is 6.07. The highest BCUT2D eigenvalue weighted by molar-refractivity contribution is 6.26. The lowest BCUT2D eigenvalue weighted by atomic mass is 9.83. The van der Waals surface area contributed by atoms with Gasteiger partial charge in [0, 0.05) is 10.8 Å². The van der Waals surface area contributed by atoms with Gasteiger partial charge in [0.05, 0.1) is 0 Å². The smallest absolute Gasteiger partial charge is 0.135 e. The monoisotopic (exact) mass is 898 g/mol. The van der Waals surface area contributed by atoms with Crippen LogP contribution in [0.1, 0.15) is 0 Å². The van der Waals surface area contributed by atoms with Crippen molar-refractivity contribution in [3.05, 3.63) is 255 Å². The second-order valence-electron chi connectivity index (χ2n) is 19.0. The van der Waals surface area contributed by atoms with Gasteiger partial charge in [-0.05, 0) is 161 Å².